The van der Waals surface area contributed by atoms with E-state index < -0.39 is 12.1 Å². The summed E-state index contributed by atoms with van der Waals surface area (Å²) in [5.41, 5.74) is 3.89. The molecule has 46 heavy (non-hydrogen) atoms. The Hall–Kier alpha value is -4.25. The van der Waals surface area contributed by atoms with E-state index in [0.717, 1.165) is 16.0 Å². The number of hydrogen-bond acceptors (Lipinski definition) is 7. The van der Waals surface area contributed by atoms with Crippen LogP contribution in [0.25, 0.3) is 0 Å². The van der Waals surface area contributed by atoms with Crippen molar-refractivity contribution in [3.8, 4) is 0 Å². The summed E-state index contributed by atoms with van der Waals surface area (Å²) in [5, 5.41) is 8.68. The molecule has 10 nitrogen and oxygen atoms in total. The number of Topliss-reactive ketones (excluding diaryl/α,β-unsaturated/α-hetero) is 1. The van der Waals surface area contributed by atoms with E-state index in [1.807, 2.05) is 74.5 Å². The number of aromatic nitrogens is 1. The van der Waals surface area contributed by atoms with Gasteiger partial charge in [-0.15, -0.1) is 11.3 Å². The van der Waals surface area contributed by atoms with E-state index in [-0.39, 0.29) is 61.7 Å². The molecule has 0 aliphatic rings. The molecule has 3 aromatic rings. The van der Waals surface area contributed by atoms with Crippen LogP contribution in [-0.2, 0) is 33.8 Å². The van der Waals surface area contributed by atoms with Crippen LogP contribution in [0.3, 0.4) is 0 Å². The predicted molar refractivity (Wildman–Crippen MR) is 180 cm³/mol. The third kappa shape index (κ3) is 13.4. The largest absolute Gasteiger partial charge is 0.444 e. The van der Waals surface area contributed by atoms with E-state index >= 15 is 0 Å². The Morgan fingerprint density at radius 1 is 0.891 bits per heavy atom. The lowest BCUT2D eigenvalue weighted by Crippen LogP contribution is -2.49. The Balaban J connectivity index is 1.75. The highest BCUT2D eigenvalue weighted by Gasteiger charge is 2.27. The summed E-state index contributed by atoms with van der Waals surface area (Å²) in [6.07, 6.45) is 4.26. The molecule has 0 saturated carbocycles. The van der Waals surface area contributed by atoms with Crippen LogP contribution in [0.1, 0.15) is 62.5 Å². The third-order valence-corrected chi connectivity index (χ3v) is 8.60. The number of nitrogens with zero attached hydrogens (tertiary/aromatic N) is 2. The number of nitrogens with one attached hydrogen (secondary N) is 3. The van der Waals surface area contributed by atoms with Crippen LogP contribution in [0, 0.1) is 5.92 Å². The molecule has 4 amide bonds. The predicted octanol–water partition coefficient (Wildman–Crippen LogP) is 5.52. The van der Waals surface area contributed by atoms with E-state index in [2.05, 4.69) is 20.9 Å². The zero-order chi connectivity index (χ0) is 33.3. The fraction of sp³-hybridized carbons (Fsp3) is 0.457. The average Bonchev–Trinajstić information content (AvgIpc) is 3.56. The molecule has 1 heterocycles. The lowest BCUT2D eigenvalue weighted by Gasteiger charge is -2.27. The highest BCUT2D eigenvalue weighted by Crippen LogP contribution is 2.22. The summed E-state index contributed by atoms with van der Waals surface area (Å²) in [4.78, 5) is 57.5. The second-order valence-corrected chi connectivity index (χ2v) is 12.8. The van der Waals surface area contributed by atoms with Gasteiger partial charge >= 0.3 is 12.1 Å². The fourth-order valence-electron chi connectivity index (χ4n) is 5.06. The average molecular weight is 650 g/mol. The molecule has 3 rings (SSSR count). The van der Waals surface area contributed by atoms with Gasteiger partial charge < -0.3 is 25.6 Å². The minimum Gasteiger partial charge on any atom is -0.444 e. The molecule has 0 saturated heterocycles. The van der Waals surface area contributed by atoms with Crippen molar-refractivity contribution in [3.63, 3.8) is 0 Å². The highest BCUT2D eigenvalue weighted by molar-refractivity contribution is 7.09. The maximum atomic E-state index is 13.8. The van der Waals surface area contributed by atoms with Crippen molar-refractivity contribution in [3.05, 3.63) is 88.4 Å². The minimum absolute atomic E-state index is 0.0420. The number of thiazole rings is 1. The van der Waals surface area contributed by atoms with Gasteiger partial charge in [-0.1, -0.05) is 60.7 Å². The Morgan fingerprint density at radius 3 is 2.13 bits per heavy atom. The van der Waals surface area contributed by atoms with Gasteiger partial charge in [-0.2, -0.15) is 0 Å². The second-order valence-electron chi connectivity index (χ2n) is 11.9. The topological polar surface area (TPSA) is 130 Å². The molecular formula is C35H47N5O5S. The molecule has 0 aliphatic heterocycles. The molecule has 248 valence electrons. The third-order valence-electron chi connectivity index (χ3n) is 7.84. The summed E-state index contributed by atoms with van der Waals surface area (Å²) < 4.78 is 5.47. The van der Waals surface area contributed by atoms with Crippen molar-refractivity contribution in [2.24, 2.45) is 5.92 Å². The quantitative estimate of drug-likeness (QED) is 0.166. The summed E-state index contributed by atoms with van der Waals surface area (Å²) in [6.45, 7) is 5.65. The normalized spacial score (nSPS) is 12.9. The first-order chi connectivity index (χ1) is 22.1. The fourth-order valence-corrected chi connectivity index (χ4v) is 5.57. The molecule has 0 unspecified atom stereocenters. The molecule has 2 aromatic carbocycles. The van der Waals surface area contributed by atoms with Gasteiger partial charge in [0.1, 0.15) is 6.61 Å². The van der Waals surface area contributed by atoms with Crippen molar-refractivity contribution >= 4 is 35.2 Å². The zero-order valence-electron chi connectivity index (χ0n) is 27.2. The molecule has 0 fully saturated rings. The summed E-state index contributed by atoms with van der Waals surface area (Å²) in [5.74, 6) is -0.333. The summed E-state index contributed by atoms with van der Waals surface area (Å²) >= 11 is 1.42. The molecule has 0 radical (unpaired) electrons. The number of urea groups is 1. The van der Waals surface area contributed by atoms with Gasteiger partial charge in [0.2, 0.25) is 5.91 Å². The van der Waals surface area contributed by atoms with Gasteiger partial charge in [0, 0.05) is 45.2 Å². The maximum absolute atomic E-state index is 13.8. The maximum Gasteiger partial charge on any atom is 0.407 e. The molecule has 0 bridgehead atoms. The molecular weight excluding hydrogens is 602 g/mol. The molecule has 0 aliphatic carbocycles. The second kappa shape index (κ2) is 19.3. The molecule has 3 N–H and O–H groups in total. The zero-order valence-corrected chi connectivity index (χ0v) is 28.1. The first kappa shape index (κ1) is 36.2. The van der Waals surface area contributed by atoms with E-state index in [1.54, 1.807) is 23.7 Å². The van der Waals surface area contributed by atoms with Gasteiger partial charge in [0.25, 0.3) is 0 Å². The SMILES string of the molecule is CC(=O)NCC[C@H](NC(=O)N(C)C(C)C)C(=O)C[C@@H](CC[C@@H](Cc1ccccc1)NC(=O)OCc1cncs1)Cc1ccccc1. The lowest BCUT2D eigenvalue weighted by atomic mass is 9.86. The van der Waals surface area contributed by atoms with Gasteiger partial charge in [-0.05, 0) is 63.0 Å². The van der Waals surface area contributed by atoms with Crippen LogP contribution in [0.2, 0.25) is 0 Å². The number of benzene rings is 2. The van der Waals surface area contributed by atoms with Gasteiger partial charge in [-0.25, -0.2) is 9.59 Å². The van der Waals surface area contributed by atoms with Crippen molar-refractivity contribution < 1.29 is 23.9 Å². The molecule has 3 atom stereocenters. The van der Waals surface area contributed by atoms with Crippen LogP contribution in [0.4, 0.5) is 9.59 Å². The number of rotatable bonds is 18. The van der Waals surface area contributed by atoms with Crippen LogP contribution in [0.15, 0.2) is 72.4 Å². The van der Waals surface area contributed by atoms with Gasteiger partial charge in [0.15, 0.2) is 5.78 Å². The van der Waals surface area contributed by atoms with Gasteiger partial charge in [-0.3, -0.25) is 14.6 Å². The van der Waals surface area contributed by atoms with Gasteiger partial charge in [0.05, 0.1) is 16.4 Å². The Labute approximate surface area is 276 Å². The van der Waals surface area contributed by atoms with E-state index in [0.29, 0.717) is 25.7 Å². The first-order valence-electron chi connectivity index (χ1n) is 15.8. The number of hydrogen-bond donors (Lipinski definition) is 3. The Morgan fingerprint density at radius 2 is 1.54 bits per heavy atom. The van der Waals surface area contributed by atoms with Crippen LogP contribution in [0.5, 0.6) is 0 Å². The molecule has 1 aromatic heterocycles. The number of carbonyl (C=O) groups excluding carboxylic acids is 4. The van der Waals surface area contributed by atoms with Crippen LogP contribution < -0.4 is 16.0 Å². The number of ether oxygens (including phenoxy) is 1. The number of alkyl carbamates (subject to hydrolysis) is 1. The molecule has 0 spiro atoms. The van der Waals surface area contributed by atoms with Crippen molar-refractivity contribution in [2.75, 3.05) is 13.6 Å². The number of carbonyl (C=O) groups is 4. The van der Waals surface area contributed by atoms with E-state index in [9.17, 15) is 19.2 Å². The van der Waals surface area contributed by atoms with Crippen LogP contribution in [-0.4, -0.2) is 65.4 Å². The highest BCUT2D eigenvalue weighted by atomic mass is 32.1. The number of amides is 4. The first-order valence-corrected chi connectivity index (χ1v) is 16.7. The Kier molecular flexibility index (Phi) is 15.2. The smallest absolute Gasteiger partial charge is 0.407 e. The molecule has 11 heteroatoms. The van der Waals surface area contributed by atoms with E-state index in [4.69, 9.17) is 4.74 Å². The van der Waals surface area contributed by atoms with Crippen molar-refractivity contribution in [2.45, 2.75) is 84.0 Å². The summed E-state index contributed by atoms with van der Waals surface area (Å²) in [6, 6.07) is 18.6. The Bertz CT molecular complexity index is 1350. The van der Waals surface area contributed by atoms with Crippen molar-refractivity contribution in [1.29, 1.82) is 0 Å². The van der Waals surface area contributed by atoms with E-state index in [1.165, 1.54) is 18.3 Å². The number of ketones is 1. The van der Waals surface area contributed by atoms with Crippen molar-refractivity contribution in [1.82, 2.24) is 25.8 Å². The summed E-state index contributed by atoms with van der Waals surface area (Å²) in [7, 11) is 1.69. The standard InChI is InChI=1S/C35H47N5O5S/c1-25(2)40(4)34(43)39-32(17-18-37-26(3)41)33(42)21-29(19-27-11-7-5-8-12-27)15-16-30(20-28-13-9-6-10-14-28)38-35(44)45-23-31-22-36-24-46-31/h5-14,22,24-25,29-30,32H,15-21,23H2,1-4H3,(H,37,41)(H,38,44)(H,39,43)/t29-,30-,32-/m0/s1. The monoisotopic (exact) mass is 649 g/mol. The minimum atomic E-state index is -0.751. The lowest BCUT2D eigenvalue weighted by molar-refractivity contribution is -0.123. The van der Waals surface area contributed by atoms with Crippen LogP contribution >= 0.6 is 11.3 Å².